The zero-order chi connectivity index (χ0) is 10.1. The number of aromatic nitrogens is 2. The molecule has 1 heterocycles. The minimum Gasteiger partial charge on any atom is -0.396 e. The molecule has 0 spiro atoms. The van der Waals surface area contributed by atoms with Gasteiger partial charge in [-0.15, -0.1) is 0 Å². The molecule has 0 radical (unpaired) electrons. The zero-order valence-corrected chi connectivity index (χ0v) is 8.49. The Kier molecular flexibility index (Phi) is 2.17. The summed E-state index contributed by atoms with van der Waals surface area (Å²) in [5.74, 6) is 0. The molecule has 0 atom stereocenters. The van der Waals surface area contributed by atoms with Crippen LogP contribution in [0.4, 0.5) is 5.69 Å². The molecule has 2 aromatic rings. The Morgan fingerprint density at radius 1 is 1.43 bits per heavy atom. The smallest absolute Gasteiger partial charge is 0.0724 e. The van der Waals surface area contributed by atoms with Crippen molar-refractivity contribution >= 4 is 17.3 Å². The van der Waals surface area contributed by atoms with E-state index >= 15 is 0 Å². The summed E-state index contributed by atoms with van der Waals surface area (Å²) in [6.45, 7) is 1.96. The molecule has 0 saturated carbocycles. The van der Waals surface area contributed by atoms with Gasteiger partial charge in [0.15, 0.2) is 0 Å². The van der Waals surface area contributed by atoms with Crippen LogP contribution in [0.2, 0.25) is 5.02 Å². The van der Waals surface area contributed by atoms with Gasteiger partial charge in [0.05, 0.1) is 23.8 Å². The predicted octanol–water partition coefficient (Wildman–Crippen LogP) is 2.42. The van der Waals surface area contributed by atoms with Crippen LogP contribution < -0.4 is 5.73 Å². The molecule has 0 fully saturated rings. The molecule has 1 aromatic heterocycles. The molecule has 0 bridgehead atoms. The average molecular weight is 208 g/mol. The van der Waals surface area contributed by atoms with E-state index in [1.54, 1.807) is 17.1 Å². The van der Waals surface area contributed by atoms with Gasteiger partial charge in [-0.25, -0.2) is 4.68 Å². The van der Waals surface area contributed by atoms with Gasteiger partial charge in [0.2, 0.25) is 0 Å². The van der Waals surface area contributed by atoms with Crippen molar-refractivity contribution < 1.29 is 0 Å². The number of rotatable bonds is 1. The summed E-state index contributed by atoms with van der Waals surface area (Å²) in [4.78, 5) is 0. The number of anilines is 1. The first-order chi connectivity index (χ1) is 6.66. The third kappa shape index (κ3) is 1.59. The molecule has 0 aliphatic rings. The molecule has 4 heteroatoms. The quantitative estimate of drug-likeness (QED) is 0.781. The van der Waals surface area contributed by atoms with Gasteiger partial charge in [0.25, 0.3) is 0 Å². The van der Waals surface area contributed by atoms with E-state index in [2.05, 4.69) is 5.10 Å². The maximum Gasteiger partial charge on any atom is 0.0724 e. The SMILES string of the molecule is Cc1ccc(-n2cc(N)cn2)cc1Cl. The number of nitrogens with zero attached hydrogens (tertiary/aromatic N) is 2. The van der Waals surface area contributed by atoms with E-state index in [-0.39, 0.29) is 0 Å². The van der Waals surface area contributed by atoms with Crippen LogP contribution in [0.25, 0.3) is 5.69 Å². The van der Waals surface area contributed by atoms with Gasteiger partial charge in [-0.1, -0.05) is 17.7 Å². The summed E-state index contributed by atoms with van der Waals surface area (Å²) in [6.07, 6.45) is 3.36. The van der Waals surface area contributed by atoms with Crippen LogP contribution in [0.1, 0.15) is 5.56 Å². The van der Waals surface area contributed by atoms with Crippen LogP contribution in [-0.2, 0) is 0 Å². The fourth-order valence-corrected chi connectivity index (χ4v) is 1.38. The summed E-state index contributed by atoms with van der Waals surface area (Å²) >= 11 is 6.00. The number of nitrogen functional groups attached to an aromatic ring is 1. The number of hydrogen-bond donors (Lipinski definition) is 1. The maximum absolute atomic E-state index is 6.00. The molecule has 3 nitrogen and oxygen atoms in total. The lowest BCUT2D eigenvalue weighted by Gasteiger charge is -2.03. The van der Waals surface area contributed by atoms with E-state index in [4.69, 9.17) is 17.3 Å². The Bertz CT molecular complexity index is 462. The molecule has 0 unspecified atom stereocenters. The Balaban J connectivity index is 2.47. The first-order valence-electron chi connectivity index (χ1n) is 4.23. The Morgan fingerprint density at radius 3 is 2.79 bits per heavy atom. The highest BCUT2D eigenvalue weighted by molar-refractivity contribution is 6.31. The van der Waals surface area contributed by atoms with Gasteiger partial charge >= 0.3 is 0 Å². The minimum absolute atomic E-state index is 0.640. The van der Waals surface area contributed by atoms with Crippen molar-refractivity contribution in [2.75, 3.05) is 5.73 Å². The number of benzene rings is 1. The van der Waals surface area contributed by atoms with Crippen molar-refractivity contribution in [1.29, 1.82) is 0 Å². The molecule has 14 heavy (non-hydrogen) atoms. The van der Waals surface area contributed by atoms with Crippen molar-refractivity contribution in [3.63, 3.8) is 0 Å². The predicted molar refractivity (Wildman–Crippen MR) is 57.7 cm³/mol. The molecule has 0 saturated heterocycles. The molecular formula is C10H10ClN3. The maximum atomic E-state index is 6.00. The van der Waals surface area contributed by atoms with Gasteiger partial charge in [-0.05, 0) is 24.6 Å². The van der Waals surface area contributed by atoms with Gasteiger partial charge in [0, 0.05) is 5.02 Å². The van der Waals surface area contributed by atoms with Crippen molar-refractivity contribution in [3.05, 3.63) is 41.2 Å². The third-order valence-corrected chi connectivity index (χ3v) is 2.43. The summed E-state index contributed by atoms with van der Waals surface area (Å²) in [5.41, 5.74) is 8.17. The lowest BCUT2D eigenvalue weighted by Crippen LogP contribution is -1.94. The summed E-state index contributed by atoms with van der Waals surface area (Å²) in [5, 5.41) is 4.82. The number of nitrogens with two attached hydrogens (primary N) is 1. The van der Waals surface area contributed by atoms with Crippen molar-refractivity contribution in [2.45, 2.75) is 6.92 Å². The second kappa shape index (κ2) is 3.35. The Morgan fingerprint density at radius 2 is 2.21 bits per heavy atom. The summed E-state index contributed by atoms with van der Waals surface area (Å²) in [7, 11) is 0. The minimum atomic E-state index is 0.640. The van der Waals surface area contributed by atoms with Gasteiger partial charge in [0.1, 0.15) is 0 Å². The van der Waals surface area contributed by atoms with E-state index in [1.165, 1.54) is 0 Å². The highest BCUT2D eigenvalue weighted by Gasteiger charge is 2.00. The molecular weight excluding hydrogens is 198 g/mol. The molecule has 0 aliphatic heterocycles. The number of aryl methyl sites for hydroxylation is 1. The van der Waals surface area contributed by atoms with Crippen LogP contribution in [0.5, 0.6) is 0 Å². The standard InChI is InChI=1S/C10H10ClN3/c1-7-2-3-9(4-10(7)11)14-6-8(12)5-13-14/h2-6H,12H2,1H3. The molecule has 1 aromatic carbocycles. The monoisotopic (exact) mass is 207 g/mol. The van der Waals surface area contributed by atoms with Crippen LogP contribution in [0, 0.1) is 6.92 Å². The highest BCUT2D eigenvalue weighted by atomic mass is 35.5. The largest absolute Gasteiger partial charge is 0.396 e. The Hall–Kier alpha value is -1.48. The van der Waals surface area contributed by atoms with Crippen molar-refractivity contribution in [2.24, 2.45) is 0 Å². The van der Waals surface area contributed by atoms with Gasteiger partial charge in [-0.3, -0.25) is 0 Å². The second-order valence-corrected chi connectivity index (χ2v) is 3.56. The normalized spacial score (nSPS) is 10.4. The van der Waals surface area contributed by atoms with E-state index in [0.717, 1.165) is 16.3 Å². The van der Waals surface area contributed by atoms with E-state index in [0.29, 0.717) is 5.69 Å². The summed E-state index contributed by atoms with van der Waals surface area (Å²) < 4.78 is 1.70. The van der Waals surface area contributed by atoms with Gasteiger partial charge in [-0.2, -0.15) is 5.10 Å². The van der Waals surface area contributed by atoms with Crippen molar-refractivity contribution in [3.8, 4) is 5.69 Å². The molecule has 2 N–H and O–H groups in total. The van der Waals surface area contributed by atoms with E-state index < -0.39 is 0 Å². The lowest BCUT2D eigenvalue weighted by molar-refractivity contribution is 0.880. The van der Waals surface area contributed by atoms with Crippen LogP contribution in [0.15, 0.2) is 30.6 Å². The zero-order valence-electron chi connectivity index (χ0n) is 7.74. The first kappa shape index (κ1) is 9.09. The number of halogens is 1. The first-order valence-corrected chi connectivity index (χ1v) is 4.61. The molecule has 0 amide bonds. The van der Waals surface area contributed by atoms with Gasteiger partial charge < -0.3 is 5.73 Å². The van der Waals surface area contributed by atoms with E-state index in [1.807, 2.05) is 25.1 Å². The molecule has 0 aliphatic carbocycles. The highest BCUT2D eigenvalue weighted by Crippen LogP contribution is 2.19. The van der Waals surface area contributed by atoms with Crippen LogP contribution >= 0.6 is 11.6 Å². The fourth-order valence-electron chi connectivity index (χ4n) is 1.20. The topological polar surface area (TPSA) is 43.8 Å². The van der Waals surface area contributed by atoms with Crippen LogP contribution in [-0.4, -0.2) is 9.78 Å². The average Bonchev–Trinajstić information content (AvgIpc) is 2.57. The summed E-state index contributed by atoms with van der Waals surface area (Å²) in [6, 6.07) is 5.77. The Labute approximate surface area is 87.1 Å². The molecule has 72 valence electrons. The van der Waals surface area contributed by atoms with Crippen LogP contribution in [0.3, 0.4) is 0 Å². The third-order valence-electron chi connectivity index (χ3n) is 2.02. The molecule has 2 rings (SSSR count). The second-order valence-electron chi connectivity index (χ2n) is 3.15. The fraction of sp³-hybridized carbons (Fsp3) is 0.100. The van der Waals surface area contributed by atoms with Crippen molar-refractivity contribution in [1.82, 2.24) is 9.78 Å². The lowest BCUT2D eigenvalue weighted by atomic mass is 10.2. The van der Waals surface area contributed by atoms with E-state index in [9.17, 15) is 0 Å². The number of hydrogen-bond acceptors (Lipinski definition) is 2.